The van der Waals surface area contributed by atoms with Gasteiger partial charge in [0.15, 0.2) is 0 Å². The molecule has 2 rings (SSSR count). The zero-order chi connectivity index (χ0) is 15.3. The third kappa shape index (κ3) is 4.79. The second-order valence-electron chi connectivity index (χ2n) is 7.27. The van der Waals surface area contributed by atoms with Gasteiger partial charge in [0.2, 0.25) is 0 Å². The van der Waals surface area contributed by atoms with Gasteiger partial charge < -0.3 is 5.32 Å². The minimum Gasteiger partial charge on any atom is -0.312 e. The normalized spacial score (nSPS) is 25.2. The van der Waals surface area contributed by atoms with Crippen molar-refractivity contribution in [1.82, 2.24) is 15.2 Å². The summed E-state index contributed by atoms with van der Waals surface area (Å²) >= 11 is 0. The smallest absolute Gasteiger partial charge is 0.0543 e. The fraction of sp³-hybridized carbons (Fsp3) is 0.722. The summed E-state index contributed by atoms with van der Waals surface area (Å²) in [6.07, 6.45) is 6.96. The Morgan fingerprint density at radius 3 is 2.86 bits per heavy atom. The summed E-state index contributed by atoms with van der Waals surface area (Å²) in [5.74, 6) is 0. The maximum atomic E-state index is 4.48. The van der Waals surface area contributed by atoms with Crippen LogP contribution >= 0.6 is 0 Å². The van der Waals surface area contributed by atoms with Crippen molar-refractivity contribution < 1.29 is 0 Å². The minimum absolute atomic E-state index is 0.452. The average molecular weight is 289 g/mol. The Bertz CT molecular complexity index is 416. The van der Waals surface area contributed by atoms with Gasteiger partial charge in [-0.1, -0.05) is 26.8 Å². The van der Waals surface area contributed by atoms with Gasteiger partial charge in [0.25, 0.3) is 0 Å². The van der Waals surface area contributed by atoms with E-state index in [0.717, 1.165) is 18.8 Å². The van der Waals surface area contributed by atoms with Crippen molar-refractivity contribution in [2.75, 3.05) is 13.6 Å². The Morgan fingerprint density at radius 1 is 1.38 bits per heavy atom. The van der Waals surface area contributed by atoms with Crippen molar-refractivity contribution in [2.45, 2.75) is 65.1 Å². The van der Waals surface area contributed by atoms with Gasteiger partial charge in [0.05, 0.1) is 5.69 Å². The molecule has 1 aromatic heterocycles. The topological polar surface area (TPSA) is 28.2 Å². The molecule has 1 aliphatic carbocycles. The molecule has 1 fully saturated rings. The zero-order valence-electron chi connectivity index (χ0n) is 14.1. The van der Waals surface area contributed by atoms with Crippen molar-refractivity contribution in [3.8, 4) is 0 Å². The maximum Gasteiger partial charge on any atom is 0.0543 e. The van der Waals surface area contributed by atoms with Crippen molar-refractivity contribution in [3.63, 3.8) is 0 Å². The predicted molar refractivity (Wildman–Crippen MR) is 89.2 cm³/mol. The van der Waals surface area contributed by atoms with E-state index in [-0.39, 0.29) is 0 Å². The first-order chi connectivity index (χ1) is 10.0. The quantitative estimate of drug-likeness (QED) is 0.869. The van der Waals surface area contributed by atoms with E-state index < -0.39 is 0 Å². The first-order valence-electron chi connectivity index (χ1n) is 8.35. The summed E-state index contributed by atoms with van der Waals surface area (Å²) in [6.45, 7) is 9.12. The summed E-state index contributed by atoms with van der Waals surface area (Å²) in [6, 6.07) is 7.40. The fourth-order valence-electron chi connectivity index (χ4n) is 3.44. The monoisotopic (exact) mass is 289 g/mol. The molecule has 2 atom stereocenters. The maximum absolute atomic E-state index is 4.48. The summed E-state index contributed by atoms with van der Waals surface area (Å²) in [5.41, 5.74) is 1.62. The lowest BCUT2D eigenvalue weighted by molar-refractivity contribution is 0.0768. The van der Waals surface area contributed by atoms with Crippen LogP contribution in [0.3, 0.4) is 0 Å². The van der Waals surface area contributed by atoms with E-state index in [2.05, 4.69) is 55.2 Å². The van der Waals surface area contributed by atoms with E-state index in [1.54, 1.807) is 0 Å². The molecule has 21 heavy (non-hydrogen) atoms. The molecule has 118 valence electrons. The van der Waals surface area contributed by atoms with Gasteiger partial charge in [-0.25, -0.2) is 0 Å². The Kier molecular flexibility index (Phi) is 5.77. The SMILES string of the molecule is CCCNC1CCC(C)(C)CC1N(C)Cc1ccccn1. The Balaban J connectivity index is 2.03. The first kappa shape index (κ1) is 16.4. The van der Waals surface area contributed by atoms with Crippen LogP contribution in [0.1, 0.15) is 52.1 Å². The number of aromatic nitrogens is 1. The number of likely N-dealkylation sites (N-methyl/N-ethyl adjacent to an activating group) is 1. The molecule has 0 bridgehead atoms. The van der Waals surface area contributed by atoms with Gasteiger partial charge in [0, 0.05) is 24.8 Å². The van der Waals surface area contributed by atoms with Gasteiger partial charge >= 0.3 is 0 Å². The van der Waals surface area contributed by atoms with Gasteiger partial charge in [-0.05, 0) is 56.8 Å². The number of rotatable bonds is 6. The van der Waals surface area contributed by atoms with E-state index in [9.17, 15) is 0 Å². The number of hydrogen-bond donors (Lipinski definition) is 1. The Labute approximate surface area is 130 Å². The van der Waals surface area contributed by atoms with Gasteiger partial charge in [0.1, 0.15) is 0 Å². The highest BCUT2D eigenvalue weighted by Gasteiger charge is 2.36. The summed E-state index contributed by atoms with van der Waals surface area (Å²) in [7, 11) is 2.25. The highest BCUT2D eigenvalue weighted by Crippen LogP contribution is 2.37. The van der Waals surface area contributed by atoms with E-state index in [1.807, 2.05) is 12.3 Å². The predicted octanol–water partition coefficient (Wildman–Crippen LogP) is 3.46. The second-order valence-corrected chi connectivity index (χ2v) is 7.27. The molecule has 0 radical (unpaired) electrons. The Hall–Kier alpha value is -0.930. The van der Waals surface area contributed by atoms with Crippen LogP contribution in [0.2, 0.25) is 0 Å². The number of nitrogens with zero attached hydrogens (tertiary/aromatic N) is 2. The lowest BCUT2D eigenvalue weighted by atomic mass is 9.72. The summed E-state index contributed by atoms with van der Waals surface area (Å²) in [5, 5.41) is 3.76. The fourth-order valence-corrected chi connectivity index (χ4v) is 3.44. The van der Waals surface area contributed by atoms with Gasteiger partial charge in [-0.3, -0.25) is 9.88 Å². The van der Waals surface area contributed by atoms with Crippen LogP contribution in [0, 0.1) is 5.41 Å². The molecular weight excluding hydrogens is 258 g/mol. The molecule has 2 unspecified atom stereocenters. The molecule has 3 nitrogen and oxygen atoms in total. The highest BCUT2D eigenvalue weighted by atomic mass is 15.2. The van der Waals surface area contributed by atoms with Crippen LogP contribution in [0.15, 0.2) is 24.4 Å². The average Bonchev–Trinajstić information content (AvgIpc) is 2.46. The van der Waals surface area contributed by atoms with E-state index in [1.165, 1.54) is 25.7 Å². The molecule has 0 aromatic carbocycles. The van der Waals surface area contributed by atoms with Crippen LogP contribution in [0.25, 0.3) is 0 Å². The number of pyridine rings is 1. The third-order valence-electron chi connectivity index (χ3n) is 4.72. The van der Waals surface area contributed by atoms with Crippen LogP contribution in [0.4, 0.5) is 0 Å². The number of hydrogen-bond acceptors (Lipinski definition) is 3. The largest absolute Gasteiger partial charge is 0.312 e. The first-order valence-corrected chi connectivity index (χ1v) is 8.35. The lowest BCUT2D eigenvalue weighted by Gasteiger charge is -2.45. The molecule has 0 amide bonds. The van der Waals surface area contributed by atoms with Crippen molar-refractivity contribution in [3.05, 3.63) is 30.1 Å². The molecule has 1 aliphatic rings. The molecule has 1 heterocycles. The molecule has 3 heteroatoms. The highest BCUT2D eigenvalue weighted by molar-refractivity contribution is 5.04. The Morgan fingerprint density at radius 2 is 2.19 bits per heavy atom. The minimum atomic E-state index is 0.452. The van der Waals surface area contributed by atoms with Crippen molar-refractivity contribution >= 4 is 0 Å². The van der Waals surface area contributed by atoms with Crippen LogP contribution in [0.5, 0.6) is 0 Å². The second kappa shape index (κ2) is 7.37. The van der Waals surface area contributed by atoms with Crippen LogP contribution in [-0.2, 0) is 6.54 Å². The van der Waals surface area contributed by atoms with E-state index in [4.69, 9.17) is 0 Å². The third-order valence-corrected chi connectivity index (χ3v) is 4.72. The van der Waals surface area contributed by atoms with Gasteiger partial charge in [-0.2, -0.15) is 0 Å². The molecule has 0 spiro atoms. The zero-order valence-corrected chi connectivity index (χ0v) is 14.1. The molecule has 1 saturated carbocycles. The molecular formula is C18H31N3. The standard InChI is InChI=1S/C18H31N3/c1-5-11-20-16-9-10-18(2,3)13-17(16)21(4)14-15-8-6-7-12-19-15/h6-8,12,16-17,20H,5,9-11,13-14H2,1-4H3. The van der Waals surface area contributed by atoms with E-state index >= 15 is 0 Å². The molecule has 1 aromatic rings. The molecule has 0 saturated heterocycles. The van der Waals surface area contributed by atoms with Crippen molar-refractivity contribution in [1.29, 1.82) is 0 Å². The van der Waals surface area contributed by atoms with Gasteiger partial charge in [-0.15, -0.1) is 0 Å². The van der Waals surface area contributed by atoms with E-state index in [0.29, 0.717) is 17.5 Å². The lowest BCUT2D eigenvalue weighted by Crippen LogP contribution is -2.53. The summed E-state index contributed by atoms with van der Waals surface area (Å²) < 4.78 is 0. The number of nitrogens with one attached hydrogen (secondary N) is 1. The summed E-state index contributed by atoms with van der Waals surface area (Å²) in [4.78, 5) is 6.97. The van der Waals surface area contributed by atoms with Crippen LogP contribution < -0.4 is 5.32 Å². The molecule has 1 N–H and O–H groups in total. The molecule has 0 aliphatic heterocycles. The van der Waals surface area contributed by atoms with Crippen LogP contribution in [-0.4, -0.2) is 35.6 Å². The van der Waals surface area contributed by atoms with Crippen molar-refractivity contribution in [2.24, 2.45) is 5.41 Å².